The minimum Gasteiger partial charge on any atom is -0.366 e. The number of anilines is 1. The van der Waals surface area contributed by atoms with Gasteiger partial charge in [-0.15, -0.1) is 0 Å². The maximum absolute atomic E-state index is 11.4. The Balaban J connectivity index is 2.10. The Morgan fingerprint density at radius 1 is 1.20 bits per heavy atom. The molecule has 0 N–H and O–H groups in total. The second-order valence-corrected chi connectivity index (χ2v) is 5.36. The Labute approximate surface area is 117 Å². The van der Waals surface area contributed by atoms with Crippen molar-refractivity contribution in [3.05, 3.63) is 28.4 Å². The molecule has 2 aromatic rings. The van der Waals surface area contributed by atoms with Gasteiger partial charge in [0, 0.05) is 37.8 Å². The normalized spacial score (nSPS) is 16.4. The molecule has 106 valence electrons. The van der Waals surface area contributed by atoms with Crippen LogP contribution in [-0.4, -0.2) is 27.8 Å². The van der Waals surface area contributed by atoms with Crippen molar-refractivity contribution in [1.29, 1.82) is 0 Å². The highest BCUT2D eigenvalue weighted by atomic mass is 16.6. The Morgan fingerprint density at radius 2 is 1.90 bits per heavy atom. The molecule has 0 atom stereocenters. The SMILES string of the molecule is Cn1cc2cc([N+](=O)[O-])c(N3CCCCCC3)cc2n1. The number of fused-ring (bicyclic) bond motifs is 1. The first-order valence-electron chi connectivity index (χ1n) is 7.02. The van der Waals surface area contributed by atoms with Crippen molar-refractivity contribution >= 4 is 22.3 Å². The van der Waals surface area contributed by atoms with E-state index in [2.05, 4.69) is 10.00 Å². The molecule has 1 aromatic carbocycles. The molecular formula is C14H18N4O2. The van der Waals surface area contributed by atoms with Gasteiger partial charge in [-0.25, -0.2) is 0 Å². The molecule has 1 saturated heterocycles. The van der Waals surface area contributed by atoms with Gasteiger partial charge in [-0.1, -0.05) is 12.8 Å². The van der Waals surface area contributed by atoms with E-state index in [1.807, 2.05) is 19.3 Å². The van der Waals surface area contributed by atoms with E-state index in [1.54, 1.807) is 10.7 Å². The standard InChI is InChI=1S/C14H18N4O2/c1-16-10-11-8-14(18(19)20)13(9-12(11)15-16)17-6-4-2-3-5-7-17/h8-10H,2-7H2,1H3. The van der Waals surface area contributed by atoms with Crippen LogP contribution < -0.4 is 4.90 Å². The van der Waals surface area contributed by atoms with E-state index in [9.17, 15) is 10.1 Å². The van der Waals surface area contributed by atoms with E-state index in [4.69, 9.17) is 0 Å². The van der Waals surface area contributed by atoms with Gasteiger partial charge in [0.25, 0.3) is 5.69 Å². The first-order valence-corrected chi connectivity index (χ1v) is 7.02. The van der Waals surface area contributed by atoms with Crippen molar-refractivity contribution in [3.63, 3.8) is 0 Å². The highest BCUT2D eigenvalue weighted by Crippen LogP contribution is 2.33. The monoisotopic (exact) mass is 274 g/mol. The molecule has 0 saturated carbocycles. The number of benzene rings is 1. The van der Waals surface area contributed by atoms with Gasteiger partial charge in [-0.05, 0) is 18.9 Å². The highest BCUT2D eigenvalue weighted by Gasteiger charge is 2.22. The molecule has 3 rings (SSSR count). The molecule has 0 spiro atoms. The topological polar surface area (TPSA) is 64.2 Å². The lowest BCUT2D eigenvalue weighted by Gasteiger charge is -2.22. The van der Waals surface area contributed by atoms with Crippen LogP contribution in [0.2, 0.25) is 0 Å². The van der Waals surface area contributed by atoms with Crippen LogP contribution in [0.3, 0.4) is 0 Å². The van der Waals surface area contributed by atoms with Crippen LogP contribution in [0.5, 0.6) is 0 Å². The molecule has 0 amide bonds. The molecule has 0 bridgehead atoms. The molecule has 1 fully saturated rings. The summed E-state index contributed by atoms with van der Waals surface area (Å²) in [5.74, 6) is 0. The Hall–Kier alpha value is -2.11. The zero-order valence-corrected chi connectivity index (χ0v) is 11.6. The number of aromatic nitrogens is 2. The number of nitro groups is 1. The van der Waals surface area contributed by atoms with Gasteiger partial charge in [0.2, 0.25) is 0 Å². The molecule has 0 aliphatic carbocycles. The number of hydrogen-bond acceptors (Lipinski definition) is 4. The Kier molecular flexibility index (Phi) is 3.30. The van der Waals surface area contributed by atoms with Gasteiger partial charge in [0.05, 0.1) is 10.4 Å². The Morgan fingerprint density at radius 3 is 2.55 bits per heavy atom. The second-order valence-electron chi connectivity index (χ2n) is 5.36. The van der Waals surface area contributed by atoms with Crippen molar-refractivity contribution in [1.82, 2.24) is 9.78 Å². The van der Waals surface area contributed by atoms with Crippen molar-refractivity contribution < 1.29 is 4.92 Å². The van der Waals surface area contributed by atoms with Crippen molar-refractivity contribution in [2.75, 3.05) is 18.0 Å². The third kappa shape index (κ3) is 2.33. The predicted octanol–water partition coefficient (Wildman–Crippen LogP) is 2.86. The van der Waals surface area contributed by atoms with E-state index < -0.39 is 0 Å². The van der Waals surface area contributed by atoms with Gasteiger partial charge in [-0.2, -0.15) is 5.10 Å². The number of rotatable bonds is 2. The molecule has 2 heterocycles. The van der Waals surface area contributed by atoms with Crippen LogP contribution in [0, 0.1) is 10.1 Å². The molecule has 0 radical (unpaired) electrons. The van der Waals surface area contributed by atoms with Gasteiger partial charge < -0.3 is 4.90 Å². The zero-order chi connectivity index (χ0) is 14.1. The summed E-state index contributed by atoms with van der Waals surface area (Å²) in [5, 5.41) is 16.5. The van der Waals surface area contributed by atoms with Crippen LogP contribution in [0.1, 0.15) is 25.7 Å². The average Bonchev–Trinajstić information content (AvgIpc) is 2.63. The fourth-order valence-electron chi connectivity index (χ4n) is 2.88. The maximum Gasteiger partial charge on any atom is 0.293 e. The fraction of sp³-hybridized carbons (Fsp3) is 0.500. The quantitative estimate of drug-likeness (QED) is 0.624. The highest BCUT2D eigenvalue weighted by molar-refractivity contribution is 5.87. The summed E-state index contributed by atoms with van der Waals surface area (Å²) in [4.78, 5) is 13.2. The van der Waals surface area contributed by atoms with Gasteiger partial charge in [0.15, 0.2) is 0 Å². The molecule has 6 heteroatoms. The smallest absolute Gasteiger partial charge is 0.293 e. The molecule has 0 unspecified atom stereocenters. The third-order valence-electron chi connectivity index (χ3n) is 3.86. The largest absolute Gasteiger partial charge is 0.366 e. The number of aryl methyl sites for hydroxylation is 1. The number of hydrogen-bond donors (Lipinski definition) is 0. The van der Waals surface area contributed by atoms with Gasteiger partial charge in [-0.3, -0.25) is 14.8 Å². The zero-order valence-electron chi connectivity index (χ0n) is 11.6. The van der Waals surface area contributed by atoms with E-state index in [1.165, 1.54) is 12.8 Å². The fourth-order valence-corrected chi connectivity index (χ4v) is 2.88. The number of nitro benzene ring substituents is 1. The molecule has 1 aromatic heterocycles. The van der Waals surface area contributed by atoms with Crippen LogP contribution in [0.15, 0.2) is 18.3 Å². The lowest BCUT2D eigenvalue weighted by Crippen LogP contribution is -2.24. The summed E-state index contributed by atoms with van der Waals surface area (Å²) in [6.45, 7) is 1.78. The van der Waals surface area contributed by atoms with Crippen molar-refractivity contribution in [3.8, 4) is 0 Å². The second kappa shape index (κ2) is 5.11. The van der Waals surface area contributed by atoms with E-state index in [0.717, 1.165) is 36.8 Å². The maximum atomic E-state index is 11.4. The average molecular weight is 274 g/mol. The summed E-state index contributed by atoms with van der Waals surface area (Å²) in [5.41, 5.74) is 1.72. The van der Waals surface area contributed by atoms with E-state index in [-0.39, 0.29) is 10.6 Å². The van der Waals surface area contributed by atoms with Crippen LogP contribution in [0.4, 0.5) is 11.4 Å². The van der Waals surface area contributed by atoms with Crippen molar-refractivity contribution in [2.24, 2.45) is 7.05 Å². The predicted molar refractivity (Wildman–Crippen MR) is 78.0 cm³/mol. The lowest BCUT2D eigenvalue weighted by molar-refractivity contribution is -0.384. The van der Waals surface area contributed by atoms with Gasteiger partial charge in [0.1, 0.15) is 5.69 Å². The minimum absolute atomic E-state index is 0.187. The summed E-state index contributed by atoms with van der Waals surface area (Å²) < 4.78 is 1.70. The molecule has 1 aliphatic rings. The van der Waals surface area contributed by atoms with Crippen LogP contribution in [0.25, 0.3) is 10.9 Å². The first kappa shape index (κ1) is 12.9. The van der Waals surface area contributed by atoms with E-state index in [0.29, 0.717) is 5.69 Å². The summed E-state index contributed by atoms with van der Waals surface area (Å²) >= 11 is 0. The lowest BCUT2D eigenvalue weighted by atomic mass is 10.2. The van der Waals surface area contributed by atoms with Crippen molar-refractivity contribution in [2.45, 2.75) is 25.7 Å². The minimum atomic E-state index is -0.285. The Bertz CT molecular complexity index is 642. The summed E-state index contributed by atoms with van der Waals surface area (Å²) in [6, 6.07) is 3.50. The number of nitrogens with zero attached hydrogens (tertiary/aromatic N) is 4. The van der Waals surface area contributed by atoms with Gasteiger partial charge >= 0.3 is 0 Å². The van der Waals surface area contributed by atoms with Crippen LogP contribution >= 0.6 is 0 Å². The molecule has 1 aliphatic heterocycles. The summed E-state index contributed by atoms with van der Waals surface area (Å²) in [7, 11) is 1.83. The molecule has 20 heavy (non-hydrogen) atoms. The van der Waals surface area contributed by atoms with Crippen LogP contribution in [-0.2, 0) is 7.05 Å². The molecule has 6 nitrogen and oxygen atoms in total. The molecular weight excluding hydrogens is 256 g/mol. The summed E-state index contributed by atoms with van der Waals surface area (Å²) in [6.07, 6.45) is 6.41. The van der Waals surface area contributed by atoms with E-state index >= 15 is 0 Å². The third-order valence-corrected chi connectivity index (χ3v) is 3.86. The first-order chi connectivity index (χ1) is 9.65.